The van der Waals surface area contributed by atoms with Crippen molar-refractivity contribution in [2.45, 2.75) is 32.7 Å². The van der Waals surface area contributed by atoms with E-state index in [9.17, 15) is 4.79 Å². The van der Waals surface area contributed by atoms with E-state index in [0.717, 1.165) is 13.0 Å². The lowest BCUT2D eigenvalue weighted by Crippen LogP contribution is -2.33. The largest absolute Gasteiger partial charge is 0.469 e. The van der Waals surface area contributed by atoms with E-state index >= 15 is 0 Å². The number of rotatable bonds is 6. The Hall–Kier alpha value is -1.35. The quantitative estimate of drug-likeness (QED) is 0.767. The van der Waals surface area contributed by atoms with Crippen LogP contribution in [0.2, 0.25) is 0 Å². The summed E-state index contributed by atoms with van der Waals surface area (Å²) >= 11 is 0. The van der Waals surface area contributed by atoms with Gasteiger partial charge in [0.15, 0.2) is 0 Å². The van der Waals surface area contributed by atoms with Crippen LogP contribution in [-0.4, -0.2) is 25.7 Å². The number of benzene rings is 1. The van der Waals surface area contributed by atoms with Crippen LogP contribution in [0, 0.1) is 6.92 Å². The molecule has 0 aliphatic rings. The minimum absolute atomic E-state index is 0.148. The lowest BCUT2D eigenvalue weighted by molar-refractivity contribution is -0.141. The molecule has 0 bridgehead atoms. The number of carbonyl (C=O) groups is 1. The molecule has 0 amide bonds. The number of likely N-dealkylation sites (N-methyl/N-ethyl adjacent to an activating group) is 1. The van der Waals surface area contributed by atoms with E-state index in [1.54, 1.807) is 0 Å². The van der Waals surface area contributed by atoms with Gasteiger partial charge in [-0.05, 0) is 25.5 Å². The highest BCUT2D eigenvalue weighted by atomic mass is 16.5. The van der Waals surface area contributed by atoms with Crippen LogP contribution >= 0.6 is 0 Å². The zero-order chi connectivity index (χ0) is 12.7. The molecular formula is C14H21NO2. The Bertz CT molecular complexity index is 346. The normalized spacial score (nSPS) is 12.2. The van der Waals surface area contributed by atoms with Crippen molar-refractivity contribution in [2.24, 2.45) is 0 Å². The zero-order valence-corrected chi connectivity index (χ0v) is 10.8. The summed E-state index contributed by atoms with van der Waals surface area (Å²) in [6, 6.07) is 8.55. The minimum atomic E-state index is -0.164. The molecule has 1 N–H and O–H groups in total. The summed E-state index contributed by atoms with van der Waals surface area (Å²) in [6.45, 7) is 4.97. The van der Waals surface area contributed by atoms with Crippen LogP contribution in [0.5, 0.6) is 0 Å². The summed E-state index contributed by atoms with van der Waals surface area (Å²) in [6.07, 6.45) is 1.27. The molecular weight excluding hydrogens is 214 g/mol. The van der Waals surface area contributed by atoms with Crippen LogP contribution in [0.25, 0.3) is 0 Å². The first-order valence-corrected chi connectivity index (χ1v) is 6.01. The van der Waals surface area contributed by atoms with Crippen molar-refractivity contribution in [3.63, 3.8) is 0 Å². The highest BCUT2D eigenvalue weighted by Gasteiger charge is 2.13. The standard InChI is InChI=1S/C14H21NO2/c1-4-15-13(10-14(16)17-3)9-12-7-5-11(2)6-8-12/h5-8,13,15H,4,9-10H2,1-3H3. The van der Waals surface area contributed by atoms with E-state index in [-0.39, 0.29) is 12.0 Å². The smallest absolute Gasteiger partial charge is 0.307 e. The average Bonchev–Trinajstić information content (AvgIpc) is 2.32. The molecule has 0 fully saturated rings. The van der Waals surface area contributed by atoms with Crippen molar-refractivity contribution < 1.29 is 9.53 Å². The van der Waals surface area contributed by atoms with Crippen LogP contribution < -0.4 is 5.32 Å². The minimum Gasteiger partial charge on any atom is -0.469 e. The molecule has 1 aromatic carbocycles. The van der Waals surface area contributed by atoms with Crippen molar-refractivity contribution in [1.29, 1.82) is 0 Å². The Balaban J connectivity index is 2.59. The Labute approximate surface area is 103 Å². The maximum absolute atomic E-state index is 11.3. The second-order valence-electron chi connectivity index (χ2n) is 4.22. The fourth-order valence-electron chi connectivity index (χ4n) is 1.80. The molecule has 1 atom stereocenters. The third-order valence-electron chi connectivity index (χ3n) is 2.74. The zero-order valence-electron chi connectivity index (χ0n) is 10.8. The van der Waals surface area contributed by atoms with Crippen LogP contribution in [-0.2, 0) is 16.0 Å². The van der Waals surface area contributed by atoms with Crippen molar-refractivity contribution in [3.05, 3.63) is 35.4 Å². The van der Waals surface area contributed by atoms with Gasteiger partial charge in [-0.15, -0.1) is 0 Å². The van der Waals surface area contributed by atoms with E-state index < -0.39 is 0 Å². The van der Waals surface area contributed by atoms with E-state index in [1.165, 1.54) is 18.2 Å². The molecule has 3 nitrogen and oxygen atoms in total. The molecule has 0 saturated heterocycles. The topological polar surface area (TPSA) is 38.3 Å². The number of methoxy groups -OCH3 is 1. The van der Waals surface area contributed by atoms with Gasteiger partial charge in [0.2, 0.25) is 0 Å². The molecule has 94 valence electrons. The van der Waals surface area contributed by atoms with Gasteiger partial charge < -0.3 is 10.1 Å². The average molecular weight is 235 g/mol. The van der Waals surface area contributed by atoms with Gasteiger partial charge in [0.25, 0.3) is 0 Å². The molecule has 0 radical (unpaired) electrons. The van der Waals surface area contributed by atoms with Crippen LogP contribution in [0.3, 0.4) is 0 Å². The second kappa shape index (κ2) is 7.07. The summed E-state index contributed by atoms with van der Waals surface area (Å²) in [5.41, 5.74) is 2.49. The second-order valence-corrected chi connectivity index (χ2v) is 4.22. The number of esters is 1. The van der Waals surface area contributed by atoms with E-state index in [1.807, 2.05) is 6.92 Å². The van der Waals surface area contributed by atoms with Crippen molar-refractivity contribution >= 4 is 5.97 Å². The van der Waals surface area contributed by atoms with Gasteiger partial charge in [0, 0.05) is 6.04 Å². The van der Waals surface area contributed by atoms with E-state index in [2.05, 4.69) is 36.5 Å². The maximum Gasteiger partial charge on any atom is 0.307 e. The molecule has 0 heterocycles. The third-order valence-corrected chi connectivity index (χ3v) is 2.74. The Morgan fingerprint density at radius 3 is 2.53 bits per heavy atom. The van der Waals surface area contributed by atoms with Gasteiger partial charge in [-0.1, -0.05) is 36.8 Å². The number of hydrogen-bond donors (Lipinski definition) is 1. The molecule has 0 aromatic heterocycles. The first kappa shape index (κ1) is 13.7. The first-order valence-electron chi connectivity index (χ1n) is 6.01. The van der Waals surface area contributed by atoms with Crippen LogP contribution in [0.4, 0.5) is 0 Å². The highest BCUT2D eigenvalue weighted by molar-refractivity contribution is 5.69. The van der Waals surface area contributed by atoms with E-state index in [0.29, 0.717) is 6.42 Å². The summed E-state index contributed by atoms with van der Waals surface area (Å²) in [7, 11) is 1.43. The van der Waals surface area contributed by atoms with Crippen molar-refractivity contribution in [2.75, 3.05) is 13.7 Å². The molecule has 1 aromatic rings. The fraction of sp³-hybridized carbons (Fsp3) is 0.500. The summed E-state index contributed by atoms with van der Waals surface area (Å²) in [4.78, 5) is 11.3. The molecule has 1 rings (SSSR count). The molecule has 3 heteroatoms. The molecule has 17 heavy (non-hydrogen) atoms. The number of hydrogen-bond acceptors (Lipinski definition) is 3. The van der Waals surface area contributed by atoms with Gasteiger partial charge in [-0.3, -0.25) is 4.79 Å². The Morgan fingerprint density at radius 1 is 1.35 bits per heavy atom. The predicted molar refractivity (Wildman–Crippen MR) is 69.0 cm³/mol. The van der Waals surface area contributed by atoms with Gasteiger partial charge in [-0.25, -0.2) is 0 Å². The molecule has 0 saturated carbocycles. The first-order chi connectivity index (χ1) is 8.15. The SMILES string of the molecule is CCNC(CC(=O)OC)Cc1ccc(C)cc1. The highest BCUT2D eigenvalue weighted by Crippen LogP contribution is 2.08. The van der Waals surface area contributed by atoms with Gasteiger partial charge in [0.05, 0.1) is 13.5 Å². The number of aryl methyl sites for hydroxylation is 1. The van der Waals surface area contributed by atoms with Gasteiger partial charge in [0.1, 0.15) is 0 Å². The summed E-state index contributed by atoms with van der Waals surface area (Å²) in [5, 5.41) is 3.31. The molecule has 0 aliphatic carbocycles. The van der Waals surface area contributed by atoms with Crippen molar-refractivity contribution in [1.82, 2.24) is 5.32 Å². The maximum atomic E-state index is 11.3. The summed E-state index contributed by atoms with van der Waals surface area (Å²) < 4.78 is 4.70. The molecule has 1 unspecified atom stereocenters. The van der Waals surface area contributed by atoms with E-state index in [4.69, 9.17) is 4.74 Å². The monoisotopic (exact) mass is 235 g/mol. The number of nitrogens with one attached hydrogen (secondary N) is 1. The molecule has 0 spiro atoms. The third kappa shape index (κ3) is 5.00. The fourth-order valence-corrected chi connectivity index (χ4v) is 1.80. The number of carbonyl (C=O) groups excluding carboxylic acids is 1. The number of ether oxygens (including phenoxy) is 1. The van der Waals surface area contributed by atoms with Crippen LogP contribution in [0.1, 0.15) is 24.5 Å². The van der Waals surface area contributed by atoms with Crippen molar-refractivity contribution in [3.8, 4) is 0 Å². The Morgan fingerprint density at radius 2 is 2.00 bits per heavy atom. The lowest BCUT2D eigenvalue weighted by atomic mass is 10.0. The van der Waals surface area contributed by atoms with Crippen LogP contribution in [0.15, 0.2) is 24.3 Å². The predicted octanol–water partition coefficient (Wildman–Crippen LogP) is 2.08. The van der Waals surface area contributed by atoms with Gasteiger partial charge in [-0.2, -0.15) is 0 Å². The summed E-state index contributed by atoms with van der Waals surface area (Å²) in [5.74, 6) is -0.164. The molecule has 0 aliphatic heterocycles. The Kier molecular flexibility index (Phi) is 5.70. The van der Waals surface area contributed by atoms with Gasteiger partial charge >= 0.3 is 5.97 Å². The lowest BCUT2D eigenvalue weighted by Gasteiger charge is -2.16.